The molecule has 0 saturated carbocycles. The maximum Gasteiger partial charge on any atom is 0.305 e. The number of hydrogen-bond acceptors (Lipinski definition) is 5. The van der Waals surface area contributed by atoms with Gasteiger partial charge in [-0.2, -0.15) is 11.8 Å². The molecule has 0 unspecified atom stereocenters. The van der Waals surface area contributed by atoms with Crippen molar-refractivity contribution in [2.75, 3.05) is 24.7 Å². The van der Waals surface area contributed by atoms with E-state index < -0.39 is 0 Å². The molecular formula is C32H62O4S. The SMILES string of the molecule is CCCCCCCCCCCCOC(=O)CCCSCCCC(=O)OCCCCCCCCCCCC. The number of thioether (sulfide) groups is 1. The minimum atomic E-state index is -0.0629. The van der Waals surface area contributed by atoms with Crippen molar-refractivity contribution in [2.45, 2.75) is 168 Å². The van der Waals surface area contributed by atoms with Gasteiger partial charge in [0.05, 0.1) is 13.2 Å². The lowest BCUT2D eigenvalue weighted by Crippen LogP contribution is -2.07. The molecule has 4 nitrogen and oxygen atoms in total. The molecule has 0 rings (SSSR count). The van der Waals surface area contributed by atoms with Gasteiger partial charge in [0.25, 0.3) is 0 Å². The standard InChI is InChI=1S/C32H62O4S/c1-3-5-7-9-11-13-15-17-19-21-27-35-31(33)25-23-29-37-30-24-26-32(34)36-28-22-20-18-16-14-12-10-8-6-4-2/h3-30H2,1-2H3. The molecule has 0 saturated heterocycles. The molecule has 220 valence electrons. The first-order valence-corrected chi connectivity index (χ1v) is 17.2. The molecule has 5 heteroatoms. The van der Waals surface area contributed by atoms with Crippen molar-refractivity contribution in [3.05, 3.63) is 0 Å². The topological polar surface area (TPSA) is 52.6 Å². The number of unbranched alkanes of at least 4 members (excludes halogenated alkanes) is 18. The number of carbonyl (C=O) groups excluding carboxylic acids is 2. The fraction of sp³-hybridized carbons (Fsp3) is 0.938. The molecule has 0 atom stereocenters. The van der Waals surface area contributed by atoms with Crippen molar-refractivity contribution in [3.63, 3.8) is 0 Å². The third-order valence-electron chi connectivity index (χ3n) is 6.86. The number of esters is 2. The zero-order valence-electron chi connectivity index (χ0n) is 24.8. The largest absolute Gasteiger partial charge is 0.466 e. The zero-order valence-corrected chi connectivity index (χ0v) is 25.7. The molecule has 0 heterocycles. The van der Waals surface area contributed by atoms with E-state index in [0.29, 0.717) is 26.1 Å². The Labute approximate surface area is 235 Å². The van der Waals surface area contributed by atoms with E-state index in [-0.39, 0.29) is 11.9 Å². The second kappa shape index (κ2) is 31.5. The lowest BCUT2D eigenvalue weighted by molar-refractivity contribution is -0.144. The van der Waals surface area contributed by atoms with Crippen LogP contribution in [0.15, 0.2) is 0 Å². The van der Waals surface area contributed by atoms with E-state index in [9.17, 15) is 9.59 Å². The molecule has 0 aliphatic heterocycles. The van der Waals surface area contributed by atoms with Crippen LogP contribution in [-0.2, 0) is 19.1 Å². The number of ether oxygens (including phenoxy) is 2. The van der Waals surface area contributed by atoms with Gasteiger partial charge >= 0.3 is 11.9 Å². The smallest absolute Gasteiger partial charge is 0.305 e. The fourth-order valence-corrected chi connectivity index (χ4v) is 5.34. The van der Waals surface area contributed by atoms with Gasteiger partial charge in [-0.05, 0) is 37.2 Å². The monoisotopic (exact) mass is 542 g/mol. The van der Waals surface area contributed by atoms with E-state index in [1.807, 2.05) is 11.8 Å². The third-order valence-corrected chi connectivity index (χ3v) is 8.02. The molecule has 0 amide bonds. The van der Waals surface area contributed by atoms with Crippen molar-refractivity contribution >= 4 is 23.7 Å². The molecule has 0 radical (unpaired) electrons. The van der Waals surface area contributed by atoms with E-state index in [1.165, 1.54) is 116 Å². The van der Waals surface area contributed by atoms with Crippen molar-refractivity contribution in [1.82, 2.24) is 0 Å². The summed E-state index contributed by atoms with van der Waals surface area (Å²) in [4.78, 5) is 23.7. The molecule has 0 N–H and O–H groups in total. The minimum Gasteiger partial charge on any atom is -0.466 e. The summed E-state index contributed by atoms with van der Waals surface area (Å²) in [5.74, 6) is 1.77. The molecule has 0 fully saturated rings. The first-order chi connectivity index (χ1) is 18.2. The van der Waals surface area contributed by atoms with Crippen LogP contribution in [0.3, 0.4) is 0 Å². The Balaban J connectivity index is 3.26. The Morgan fingerprint density at radius 1 is 0.432 bits per heavy atom. The normalized spacial score (nSPS) is 11.1. The van der Waals surface area contributed by atoms with Crippen molar-refractivity contribution in [3.8, 4) is 0 Å². The number of rotatable bonds is 30. The molecule has 0 bridgehead atoms. The van der Waals surface area contributed by atoms with Gasteiger partial charge in [-0.3, -0.25) is 9.59 Å². The fourth-order valence-electron chi connectivity index (χ4n) is 4.43. The summed E-state index contributed by atoms with van der Waals surface area (Å²) >= 11 is 1.81. The highest BCUT2D eigenvalue weighted by Gasteiger charge is 2.05. The highest BCUT2D eigenvalue weighted by molar-refractivity contribution is 7.99. The summed E-state index contributed by atoms with van der Waals surface area (Å²) in [6, 6.07) is 0. The maximum absolute atomic E-state index is 11.8. The van der Waals surface area contributed by atoms with Crippen LogP contribution < -0.4 is 0 Å². The summed E-state index contributed by atoms with van der Waals surface area (Å²) < 4.78 is 10.7. The van der Waals surface area contributed by atoms with E-state index in [2.05, 4.69) is 13.8 Å². The van der Waals surface area contributed by atoms with E-state index in [0.717, 1.165) is 37.2 Å². The molecule has 0 aromatic carbocycles. The molecule has 0 aliphatic carbocycles. The van der Waals surface area contributed by atoms with Gasteiger partial charge in [-0.15, -0.1) is 0 Å². The molecular weight excluding hydrogens is 480 g/mol. The first kappa shape index (κ1) is 36.3. The first-order valence-electron chi connectivity index (χ1n) is 16.1. The lowest BCUT2D eigenvalue weighted by atomic mass is 10.1. The highest BCUT2D eigenvalue weighted by atomic mass is 32.2. The average molecular weight is 543 g/mol. The highest BCUT2D eigenvalue weighted by Crippen LogP contribution is 2.13. The molecule has 0 aliphatic rings. The number of carbonyl (C=O) groups is 2. The zero-order chi connectivity index (χ0) is 27.1. The van der Waals surface area contributed by atoms with E-state index in [4.69, 9.17) is 9.47 Å². The summed E-state index contributed by atoms with van der Waals surface area (Å²) in [7, 11) is 0. The Morgan fingerprint density at radius 3 is 1.05 bits per heavy atom. The van der Waals surface area contributed by atoms with Gasteiger partial charge in [0.2, 0.25) is 0 Å². The predicted octanol–water partition coefficient (Wildman–Crippen LogP) is 10.2. The minimum absolute atomic E-state index is 0.0629. The van der Waals surface area contributed by atoms with Crippen molar-refractivity contribution in [2.24, 2.45) is 0 Å². The van der Waals surface area contributed by atoms with Crippen LogP contribution in [0.2, 0.25) is 0 Å². The van der Waals surface area contributed by atoms with Crippen molar-refractivity contribution in [1.29, 1.82) is 0 Å². The van der Waals surface area contributed by atoms with Crippen molar-refractivity contribution < 1.29 is 19.1 Å². The van der Waals surface area contributed by atoms with Crippen LogP contribution in [0.4, 0.5) is 0 Å². The summed E-state index contributed by atoms with van der Waals surface area (Å²) in [6.45, 7) is 5.66. The Hall–Kier alpha value is -0.710. The van der Waals surface area contributed by atoms with Crippen LogP contribution in [0.25, 0.3) is 0 Å². The van der Waals surface area contributed by atoms with Crippen LogP contribution in [0, 0.1) is 0 Å². The summed E-state index contributed by atoms with van der Waals surface area (Å²) in [5.41, 5.74) is 0. The Kier molecular flexibility index (Phi) is 30.9. The van der Waals surface area contributed by atoms with Crippen LogP contribution in [-0.4, -0.2) is 36.7 Å². The lowest BCUT2D eigenvalue weighted by Gasteiger charge is -2.06. The van der Waals surface area contributed by atoms with Gasteiger partial charge in [0.1, 0.15) is 0 Å². The van der Waals surface area contributed by atoms with E-state index >= 15 is 0 Å². The molecule has 0 aromatic heterocycles. The predicted molar refractivity (Wildman–Crippen MR) is 161 cm³/mol. The average Bonchev–Trinajstić information content (AvgIpc) is 2.89. The van der Waals surface area contributed by atoms with Gasteiger partial charge in [0.15, 0.2) is 0 Å². The third kappa shape index (κ3) is 31.4. The second-order valence-corrected chi connectivity index (χ2v) is 11.8. The summed E-state index contributed by atoms with van der Waals surface area (Å²) in [6.07, 6.45) is 28.5. The Morgan fingerprint density at radius 2 is 0.730 bits per heavy atom. The molecule has 0 aromatic rings. The van der Waals surface area contributed by atoms with Crippen LogP contribution >= 0.6 is 11.8 Å². The quantitative estimate of drug-likeness (QED) is 0.0667. The van der Waals surface area contributed by atoms with E-state index in [1.54, 1.807) is 0 Å². The van der Waals surface area contributed by atoms with Gasteiger partial charge < -0.3 is 9.47 Å². The number of hydrogen-bond donors (Lipinski definition) is 0. The van der Waals surface area contributed by atoms with Gasteiger partial charge in [-0.1, -0.05) is 129 Å². The van der Waals surface area contributed by atoms with Gasteiger partial charge in [-0.25, -0.2) is 0 Å². The van der Waals surface area contributed by atoms with Crippen LogP contribution in [0.1, 0.15) is 168 Å². The van der Waals surface area contributed by atoms with Crippen LogP contribution in [0.5, 0.6) is 0 Å². The molecule has 37 heavy (non-hydrogen) atoms. The maximum atomic E-state index is 11.8. The summed E-state index contributed by atoms with van der Waals surface area (Å²) in [5, 5.41) is 0. The van der Waals surface area contributed by atoms with Gasteiger partial charge in [0, 0.05) is 12.8 Å². The Bertz CT molecular complexity index is 441. The second-order valence-electron chi connectivity index (χ2n) is 10.6. The molecule has 0 spiro atoms.